The Morgan fingerprint density at radius 2 is 1.54 bits per heavy atom. The second-order valence-electron chi connectivity index (χ2n) is 8.35. The fraction of sp³-hybridized carbons (Fsp3) is 0.474. The van der Waals surface area contributed by atoms with Gasteiger partial charge < -0.3 is 14.2 Å². The van der Waals surface area contributed by atoms with Gasteiger partial charge in [-0.2, -0.15) is 0 Å². The van der Waals surface area contributed by atoms with Gasteiger partial charge in [0, 0.05) is 27.6 Å². The van der Waals surface area contributed by atoms with Crippen molar-refractivity contribution < 1.29 is 30.0 Å². The van der Waals surface area contributed by atoms with Crippen LogP contribution in [0.2, 0.25) is 0 Å². The zero-order valence-corrected chi connectivity index (χ0v) is 16.9. The largest absolute Gasteiger partial charge is 0.444 e. The van der Waals surface area contributed by atoms with Crippen molar-refractivity contribution in [3.63, 3.8) is 0 Å². The Kier molecular flexibility index (Phi) is 5.27. The van der Waals surface area contributed by atoms with Gasteiger partial charge in [-0.1, -0.05) is 47.6 Å². The average Bonchev–Trinajstić information content (AvgIpc) is 3.16. The Bertz CT molecular complexity index is 840. The second kappa shape index (κ2) is 6.70. The van der Waals surface area contributed by atoms with Gasteiger partial charge in [-0.25, -0.2) is 14.4 Å². The molecule has 1 radical (unpaired) electrons. The Morgan fingerprint density at radius 3 is 2.08 bits per heavy atom. The molecule has 2 aromatic heterocycles. The first-order chi connectivity index (χ1) is 11.5. The van der Waals surface area contributed by atoms with Crippen LogP contribution in [0.15, 0.2) is 39.6 Å². The van der Waals surface area contributed by atoms with Crippen LogP contribution in [0.1, 0.15) is 64.7 Å². The smallest absolute Gasteiger partial charge is 0.276 e. The van der Waals surface area contributed by atoms with Gasteiger partial charge in [0.1, 0.15) is 18.2 Å². The molecule has 1 N–H and O–H groups in total. The molecule has 0 bridgehead atoms. The van der Waals surface area contributed by atoms with Crippen LogP contribution in [-0.2, 0) is 33.4 Å². The van der Waals surface area contributed by atoms with E-state index in [9.17, 15) is 0 Å². The molecule has 1 atom stereocenters. The minimum absolute atomic E-state index is 0. The van der Waals surface area contributed by atoms with Crippen LogP contribution in [0, 0.1) is 0 Å². The summed E-state index contributed by atoms with van der Waals surface area (Å²) in [7, 11) is 0. The Labute approximate surface area is 163 Å². The summed E-state index contributed by atoms with van der Waals surface area (Å²) in [5, 5.41) is 2.79. The minimum atomic E-state index is -2.05. The molecule has 1 aliphatic heterocycles. The van der Waals surface area contributed by atoms with Gasteiger partial charge in [0.05, 0.1) is 11.4 Å². The van der Waals surface area contributed by atoms with Gasteiger partial charge in [-0.15, -0.1) is 0 Å². The third-order valence-electron chi connectivity index (χ3n) is 3.99. The maximum atomic E-state index is 15.4. The van der Waals surface area contributed by atoms with E-state index in [-0.39, 0.29) is 33.5 Å². The number of hydrogen-bond donors (Lipinski definition) is 1. The van der Waals surface area contributed by atoms with Crippen LogP contribution < -0.4 is 5.32 Å². The molecule has 0 saturated heterocycles. The van der Waals surface area contributed by atoms with Gasteiger partial charge in [0.2, 0.25) is 5.89 Å². The summed E-state index contributed by atoms with van der Waals surface area (Å²) in [6, 6.07) is 0. The molecule has 2 aromatic rings. The third kappa shape index (κ3) is 3.93. The Hall–Kier alpha value is -1.86. The van der Waals surface area contributed by atoms with Crippen molar-refractivity contribution in [1.29, 1.82) is 0 Å². The van der Waals surface area contributed by atoms with Crippen LogP contribution in [0.25, 0.3) is 5.70 Å². The number of nitrogens with zero attached hydrogens (tertiary/aromatic N) is 2. The number of allylic oxidation sites excluding steroid dienone is 2. The van der Waals surface area contributed by atoms with Crippen molar-refractivity contribution in [2.75, 3.05) is 0 Å². The molecule has 5 nitrogen and oxygen atoms in total. The van der Waals surface area contributed by atoms with Crippen molar-refractivity contribution in [2.45, 2.75) is 58.2 Å². The van der Waals surface area contributed by atoms with E-state index in [4.69, 9.17) is 8.83 Å². The van der Waals surface area contributed by atoms with Crippen LogP contribution >= 0.6 is 0 Å². The van der Waals surface area contributed by atoms with Crippen molar-refractivity contribution in [3.8, 4) is 0 Å². The van der Waals surface area contributed by atoms with Gasteiger partial charge in [0.15, 0.2) is 0 Å². The molecule has 0 spiro atoms. The van der Waals surface area contributed by atoms with E-state index >= 15 is 4.39 Å². The first-order valence-corrected chi connectivity index (χ1v) is 8.28. The van der Waals surface area contributed by atoms with Crippen LogP contribution in [-0.4, -0.2) is 9.97 Å². The predicted molar refractivity (Wildman–Crippen MR) is 93.4 cm³/mol. The van der Waals surface area contributed by atoms with E-state index in [1.807, 2.05) is 41.5 Å². The molecular weight excluding hydrogens is 380 g/mol. The van der Waals surface area contributed by atoms with E-state index in [0.29, 0.717) is 17.3 Å². The number of halogens is 1. The maximum absolute atomic E-state index is 15.4. The molecule has 143 valence electrons. The third-order valence-corrected chi connectivity index (χ3v) is 3.99. The zero-order chi connectivity index (χ0) is 18.5. The van der Waals surface area contributed by atoms with Gasteiger partial charge in [-0.05, 0) is 12.2 Å². The maximum Gasteiger partial charge on any atom is 0.276 e. The number of nitrogens with one attached hydrogen (secondary N) is 1. The first kappa shape index (κ1) is 20.4. The van der Waals surface area contributed by atoms with Crippen molar-refractivity contribution in [3.05, 3.63) is 53.9 Å². The number of dihydropyridines is 1. The molecule has 0 amide bonds. The topological polar surface area (TPSA) is 64.1 Å². The molecule has 26 heavy (non-hydrogen) atoms. The van der Waals surface area contributed by atoms with E-state index < -0.39 is 5.79 Å². The van der Waals surface area contributed by atoms with Crippen LogP contribution in [0.5, 0.6) is 0 Å². The number of rotatable bonds is 2. The van der Waals surface area contributed by atoms with Crippen molar-refractivity contribution in [2.24, 2.45) is 0 Å². The van der Waals surface area contributed by atoms with Crippen molar-refractivity contribution >= 4 is 5.70 Å². The molecule has 1 aliphatic rings. The molecule has 7 heteroatoms. The number of alkyl halides is 1. The predicted octanol–water partition coefficient (Wildman–Crippen LogP) is 4.58. The van der Waals surface area contributed by atoms with Gasteiger partial charge in [-0.3, -0.25) is 0 Å². The SMILES string of the molecule is CC(C)(C)c1coc(C2=CC=CC(F)(c3nc(C(C)(C)C)co3)N2)n1.[Co]. The summed E-state index contributed by atoms with van der Waals surface area (Å²) >= 11 is 0. The van der Waals surface area contributed by atoms with E-state index in [0.717, 1.165) is 5.69 Å². The van der Waals surface area contributed by atoms with Crippen molar-refractivity contribution in [1.82, 2.24) is 15.3 Å². The molecule has 0 fully saturated rings. The summed E-state index contributed by atoms with van der Waals surface area (Å²) in [6.45, 7) is 12.1. The summed E-state index contributed by atoms with van der Waals surface area (Å²) in [5.74, 6) is -1.76. The number of hydrogen-bond acceptors (Lipinski definition) is 5. The number of aromatic nitrogens is 2. The molecule has 0 aromatic carbocycles. The standard InChI is InChI=1S/C19H24FN3O2.Co/c1-17(2,3)13-10-24-15(21-13)12-8-7-9-19(20,23-12)16-22-14(11-25-16)18(4,5)6;/h7-11,23H,1-6H3;. The Morgan fingerprint density at radius 1 is 0.962 bits per heavy atom. The van der Waals surface area contributed by atoms with E-state index in [1.54, 1.807) is 18.4 Å². The zero-order valence-electron chi connectivity index (χ0n) is 15.8. The summed E-state index contributed by atoms with van der Waals surface area (Å²) in [6.07, 6.45) is 7.77. The number of oxazole rings is 2. The second-order valence-corrected chi connectivity index (χ2v) is 8.35. The molecule has 3 heterocycles. The molecular formula is C19H24CoFN3O2. The first-order valence-electron chi connectivity index (χ1n) is 8.28. The van der Waals surface area contributed by atoms with Crippen LogP contribution in [0.3, 0.4) is 0 Å². The monoisotopic (exact) mass is 404 g/mol. The normalized spacial score (nSPS) is 20.3. The Balaban J connectivity index is 0.00000243. The fourth-order valence-corrected chi connectivity index (χ4v) is 2.33. The summed E-state index contributed by atoms with van der Waals surface area (Å²) in [5.41, 5.74) is 1.56. The average molecular weight is 404 g/mol. The van der Waals surface area contributed by atoms with Crippen LogP contribution in [0.4, 0.5) is 4.39 Å². The minimum Gasteiger partial charge on any atom is -0.444 e. The fourth-order valence-electron chi connectivity index (χ4n) is 2.33. The molecule has 0 aliphatic carbocycles. The van der Waals surface area contributed by atoms with Gasteiger partial charge in [0.25, 0.3) is 11.7 Å². The molecule has 1 unspecified atom stereocenters. The summed E-state index contributed by atoms with van der Waals surface area (Å²) < 4.78 is 26.3. The molecule has 0 saturated carbocycles. The quantitative estimate of drug-likeness (QED) is 0.743. The summed E-state index contributed by atoms with van der Waals surface area (Å²) in [4.78, 5) is 8.78. The van der Waals surface area contributed by atoms with E-state index in [2.05, 4.69) is 15.3 Å². The van der Waals surface area contributed by atoms with Gasteiger partial charge >= 0.3 is 0 Å². The van der Waals surface area contributed by atoms with E-state index in [1.165, 1.54) is 12.3 Å². The molecule has 3 rings (SSSR count).